The Kier molecular flexibility index (Phi) is 74.1. The first-order valence-corrected chi connectivity index (χ1v) is 39.8. The molecule has 0 aliphatic carbocycles. The highest BCUT2D eigenvalue weighted by Gasteiger charge is 2.26. The van der Waals surface area contributed by atoms with Crippen LogP contribution < -0.4 is 5.73 Å². The van der Waals surface area contributed by atoms with Gasteiger partial charge in [0.1, 0.15) is 6.61 Å². The van der Waals surface area contributed by atoms with E-state index in [1.54, 1.807) is 0 Å². The van der Waals surface area contributed by atoms with Crippen molar-refractivity contribution in [3.05, 3.63) is 182 Å². The maximum absolute atomic E-state index is 12.8. The van der Waals surface area contributed by atoms with Gasteiger partial charge in [-0.3, -0.25) is 18.6 Å². The van der Waals surface area contributed by atoms with E-state index in [1.807, 2.05) is 0 Å². The van der Waals surface area contributed by atoms with E-state index in [0.29, 0.717) is 6.42 Å². The highest BCUT2D eigenvalue weighted by atomic mass is 31.2. The van der Waals surface area contributed by atoms with E-state index in [4.69, 9.17) is 24.3 Å². The number of allylic oxidation sites excluding steroid dienone is 30. The number of carbonyl (C=O) groups excluding carboxylic acids is 2. The highest BCUT2D eigenvalue weighted by Crippen LogP contribution is 2.43. The summed E-state index contributed by atoms with van der Waals surface area (Å²) in [7, 11) is -4.41. The van der Waals surface area contributed by atoms with Crippen molar-refractivity contribution < 1.29 is 37.6 Å². The number of unbranched alkanes of at least 4 members (excludes halogenated alkanes) is 27. The van der Waals surface area contributed by atoms with Gasteiger partial charge in [0.25, 0.3) is 0 Å². The second-order valence-corrected chi connectivity index (χ2v) is 26.2. The minimum atomic E-state index is -4.41. The van der Waals surface area contributed by atoms with Gasteiger partial charge in [-0.15, -0.1) is 0 Å². The van der Waals surface area contributed by atoms with Crippen LogP contribution in [0.1, 0.15) is 309 Å². The molecular weight excluding hydrogens is 1190 g/mol. The van der Waals surface area contributed by atoms with Crippen molar-refractivity contribution in [1.29, 1.82) is 0 Å². The van der Waals surface area contributed by atoms with Crippen LogP contribution in [-0.2, 0) is 32.7 Å². The summed E-state index contributed by atoms with van der Waals surface area (Å²) in [5.74, 6) is -0.846. The van der Waals surface area contributed by atoms with Crippen molar-refractivity contribution in [1.82, 2.24) is 0 Å². The Labute approximate surface area is 584 Å². The van der Waals surface area contributed by atoms with Crippen LogP contribution in [0, 0.1) is 0 Å². The minimum absolute atomic E-state index is 0.0434. The van der Waals surface area contributed by atoms with Gasteiger partial charge in [0.2, 0.25) is 0 Å². The maximum atomic E-state index is 12.8. The van der Waals surface area contributed by atoms with Crippen molar-refractivity contribution in [2.45, 2.75) is 315 Å². The fourth-order valence-electron chi connectivity index (χ4n) is 10.2. The first-order chi connectivity index (χ1) is 46.8. The molecule has 538 valence electrons. The Hall–Kier alpha value is -4.89. The first-order valence-electron chi connectivity index (χ1n) is 38.3. The third-order valence-corrected chi connectivity index (χ3v) is 16.8. The number of phosphoric ester groups is 1. The fourth-order valence-corrected chi connectivity index (χ4v) is 11.0. The number of ether oxygens (including phenoxy) is 2. The Morgan fingerprint density at radius 1 is 0.316 bits per heavy atom. The summed E-state index contributed by atoms with van der Waals surface area (Å²) in [5.41, 5.74) is 5.41. The van der Waals surface area contributed by atoms with Crippen LogP contribution in [0.5, 0.6) is 0 Å². The molecule has 0 bridgehead atoms. The molecule has 0 aliphatic heterocycles. The van der Waals surface area contributed by atoms with Crippen LogP contribution in [0.3, 0.4) is 0 Å². The number of phosphoric acid groups is 1. The molecule has 9 nitrogen and oxygen atoms in total. The molecule has 0 amide bonds. The van der Waals surface area contributed by atoms with Gasteiger partial charge in [0.15, 0.2) is 6.10 Å². The molecule has 0 saturated carbocycles. The van der Waals surface area contributed by atoms with Crippen molar-refractivity contribution in [3.8, 4) is 0 Å². The van der Waals surface area contributed by atoms with Gasteiger partial charge in [-0.1, -0.05) is 344 Å². The van der Waals surface area contributed by atoms with Gasteiger partial charge < -0.3 is 20.1 Å². The Bertz CT molecular complexity index is 2220. The number of hydrogen-bond donors (Lipinski definition) is 2. The average Bonchev–Trinajstić information content (AvgIpc) is 2.64. The summed E-state index contributed by atoms with van der Waals surface area (Å²) >= 11 is 0. The predicted molar refractivity (Wildman–Crippen MR) is 412 cm³/mol. The number of carbonyl (C=O) groups is 2. The largest absolute Gasteiger partial charge is 0.472 e. The number of esters is 2. The lowest BCUT2D eigenvalue weighted by atomic mass is 10.0. The Balaban J connectivity index is 3.92. The molecule has 0 heterocycles. The van der Waals surface area contributed by atoms with E-state index in [9.17, 15) is 19.0 Å². The standard InChI is InChI=1S/C85H140NO8P/c1-3-5-7-9-11-13-15-17-19-21-23-25-27-29-31-33-35-37-39-41-43-45-47-49-51-53-55-57-59-61-63-65-67-69-71-73-75-77-84(87)91-81-83(82-93-95(89,90)92-80-79-86)94-85(88)78-76-74-72-70-68-66-64-62-60-58-56-54-52-50-48-46-44-42-40-38-36-34-32-30-28-26-24-22-20-18-16-14-12-10-8-6-4-2/h5-8,11-14,17-20,23-26,29-32,36,38,42,44,48,50,54,56,60,62,83H,3-4,9-10,15-16,21-22,27-28,33-35,37,39-41,43,45-47,49,51-53,55,57-59,61,63-82,86H2,1-2H3,(H,89,90)/b7-5-,8-6-,13-11-,14-12-,19-17-,20-18-,25-23-,26-24-,31-29-,32-30-,38-36-,44-42-,50-48-,56-54-,62-60-. The van der Waals surface area contributed by atoms with Gasteiger partial charge in [0, 0.05) is 19.4 Å². The molecule has 0 spiro atoms. The Morgan fingerprint density at radius 2 is 0.547 bits per heavy atom. The third-order valence-electron chi connectivity index (χ3n) is 15.8. The van der Waals surface area contributed by atoms with Crippen LogP contribution in [0.4, 0.5) is 0 Å². The highest BCUT2D eigenvalue weighted by molar-refractivity contribution is 7.47. The zero-order valence-corrected chi connectivity index (χ0v) is 61.5. The SMILES string of the molecule is CC/C=C\C/C=C\C/C=C\C/C=C\C/C=C\C/C=C\C/C=C\C/C=C\C/C=C\C/C=C\CCCCCCCCC(=O)OC(COC(=O)CCCCCCCCCCCCCCCCCCCCCCC/C=C\C/C=C\C/C=C\C/C=C\C/C=C\CC)COP(=O)(O)OCCN. The molecule has 0 rings (SSSR count). The van der Waals surface area contributed by atoms with Crippen LogP contribution in [-0.4, -0.2) is 49.3 Å². The van der Waals surface area contributed by atoms with Gasteiger partial charge in [-0.2, -0.15) is 0 Å². The predicted octanol–water partition coefficient (Wildman–Crippen LogP) is 25.9. The van der Waals surface area contributed by atoms with E-state index in [2.05, 4.69) is 196 Å². The van der Waals surface area contributed by atoms with Gasteiger partial charge >= 0.3 is 19.8 Å². The number of nitrogens with two attached hydrogens (primary N) is 1. The first kappa shape index (κ1) is 90.1. The Morgan fingerprint density at radius 3 is 0.811 bits per heavy atom. The van der Waals surface area contributed by atoms with Crippen molar-refractivity contribution in [3.63, 3.8) is 0 Å². The smallest absolute Gasteiger partial charge is 0.462 e. The zero-order valence-electron chi connectivity index (χ0n) is 60.6. The molecule has 0 saturated heterocycles. The van der Waals surface area contributed by atoms with E-state index in [-0.39, 0.29) is 38.6 Å². The molecular formula is C85H140NO8P. The third kappa shape index (κ3) is 78.0. The van der Waals surface area contributed by atoms with Crippen molar-refractivity contribution in [2.24, 2.45) is 5.73 Å². The lowest BCUT2D eigenvalue weighted by Crippen LogP contribution is -2.29. The molecule has 3 N–H and O–H groups in total. The summed E-state index contributed by atoms with van der Waals surface area (Å²) in [6.07, 6.45) is 117. The number of hydrogen-bond acceptors (Lipinski definition) is 8. The van der Waals surface area contributed by atoms with Gasteiger partial charge in [-0.25, -0.2) is 4.57 Å². The lowest BCUT2D eigenvalue weighted by Gasteiger charge is -2.19. The quantitative estimate of drug-likeness (QED) is 0.0264. The van der Waals surface area contributed by atoms with E-state index in [1.165, 1.54) is 122 Å². The summed E-state index contributed by atoms with van der Waals surface area (Å²) in [5, 5.41) is 0. The molecule has 0 aromatic rings. The topological polar surface area (TPSA) is 134 Å². The second-order valence-electron chi connectivity index (χ2n) is 24.8. The van der Waals surface area contributed by atoms with Crippen LogP contribution >= 0.6 is 7.82 Å². The summed E-state index contributed by atoms with van der Waals surface area (Å²) < 4.78 is 33.2. The molecule has 0 radical (unpaired) electrons. The van der Waals surface area contributed by atoms with Crippen LogP contribution in [0.15, 0.2) is 182 Å². The molecule has 2 atom stereocenters. The molecule has 2 unspecified atom stereocenters. The van der Waals surface area contributed by atoms with E-state index < -0.39 is 26.5 Å². The summed E-state index contributed by atoms with van der Waals surface area (Å²) in [4.78, 5) is 35.4. The molecule has 0 aliphatic rings. The second kappa shape index (κ2) is 78.1. The molecule has 0 aromatic carbocycles. The fraction of sp³-hybridized carbons (Fsp3) is 0.624. The van der Waals surface area contributed by atoms with Crippen LogP contribution in [0.2, 0.25) is 0 Å². The normalized spacial score (nSPS) is 13.9. The minimum Gasteiger partial charge on any atom is -0.462 e. The summed E-state index contributed by atoms with van der Waals surface area (Å²) in [6.45, 7) is 3.51. The van der Waals surface area contributed by atoms with Gasteiger partial charge in [-0.05, 0) is 135 Å². The van der Waals surface area contributed by atoms with E-state index >= 15 is 0 Å². The van der Waals surface area contributed by atoms with Crippen LogP contribution in [0.25, 0.3) is 0 Å². The van der Waals surface area contributed by atoms with Gasteiger partial charge in [0.05, 0.1) is 13.2 Å². The molecule has 0 fully saturated rings. The monoisotopic (exact) mass is 1330 g/mol. The lowest BCUT2D eigenvalue weighted by molar-refractivity contribution is -0.161. The van der Waals surface area contributed by atoms with E-state index in [0.717, 1.165) is 154 Å². The van der Waals surface area contributed by atoms with Crippen molar-refractivity contribution >= 4 is 19.8 Å². The zero-order chi connectivity index (χ0) is 68.6. The molecule has 0 aromatic heterocycles. The number of rotatable bonds is 70. The van der Waals surface area contributed by atoms with Crippen molar-refractivity contribution in [2.75, 3.05) is 26.4 Å². The summed E-state index contributed by atoms with van der Waals surface area (Å²) in [6, 6.07) is 0. The maximum Gasteiger partial charge on any atom is 0.472 e. The molecule has 10 heteroatoms. The average molecular weight is 1340 g/mol. The molecule has 95 heavy (non-hydrogen) atoms.